The van der Waals surface area contributed by atoms with Crippen LogP contribution in [0.4, 0.5) is 0 Å². The smallest absolute Gasteiger partial charge is 0.393 e. The molecule has 0 unspecified atom stereocenters. The van der Waals surface area contributed by atoms with Crippen LogP contribution in [0.3, 0.4) is 0 Å². The number of benzene rings is 1. The van der Waals surface area contributed by atoms with E-state index < -0.39 is 0 Å². The molecule has 0 aliphatic heterocycles. The third-order valence-electron chi connectivity index (χ3n) is 1.72. The largest absolute Gasteiger partial charge is 0.445 e. The van der Waals surface area contributed by atoms with Crippen LogP contribution in [0.5, 0.6) is 6.08 Å². The van der Waals surface area contributed by atoms with Gasteiger partial charge in [0.2, 0.25) is 0 Å². The fourth-order valence-electron chi connectivity index (χ4n) is 1.04. The molecule has 1 aromatic heterocycles. The molecular weight excluding hydrogens is 246 g/mol. The lowest BCUT2D eigenvalue weighted by molar-refractivity contribution is 0.219. The van der Waals surface area contributed by atoms with E-state index in [0.29, 0.717) is 12.7 Å². The highest BCUT2D eigenvalue weighted by atomic mass is 79.9. The zero-order valence-corrected chi connectivity index (χ0v) is 8.90. The Morgan fingerprint density at radius 1 is 1.36 bits per heavy atom. The Hall–Kier alpha value is -1.29. The van der Waals surface area contributed by atoms with E-state index in [1.807, 2.05) is 24.3 Å². The first kappa shape index (κ1) is 9.27. The molecule has 0 aliphatic carbocycles. The summed E-state index contributed by atoms with van der Waals surface area (Å²) in [6, 6.07) is 7.86. The molecule has 0 saturated carbocycles. The molecule has 1 heterocycles. The maximum atomic E-state index is 5.31. The molecular formula is C10H8BrNO2. The van der Waals surface area contributed by atoms with Crippen LogP contribution in [0.1, 0.15) is 5.56 Å². The minimum absolute atomic E-state index is 0.292. The van der Waals surface area contributed by atoms with Gasteiger partial charge in [-0.05, 0) is 6.07 Å². The maximum absolute atomic E-state index is 5.31. The monoisotopic (exact) mass is 253 g/mol. The second-order valence-corrected chi connectivity index (χ2v) is 3.53. The van der Waals surface area contributed by atoms with Crippen LogP contribution < -0.4 is 4.74 Å². The number of halogens is 1. The predicted octanol–water partition coefficient (Wildman–Crippen LogP) is 3.02. The van der Waals surface area contributed by atoms with Crippen LogP contribution in [0.25, 0.3) is 0 Å². The first-order valence-corrected chi connectivity index (χ1v) is 4.91. The Morgan fingerprint density at radius 2 is 2.21 bits per heavy atom. The van der Waals surface area contributed by atoms with Gasteiger partial charge in [0, 0.05) is 10.0 Å². The minimum Gasteiger partial charge on any atom is -0.445 e. The van der Waals surface area contributed by atoms with Gasteiger partial charge in [0.25, 0.3) is 0 Å². The molecule has 4 heteroatoms. The molecule has 0 atom stereocenters. The van der Waals surface area contributed by atoms with Crippen molar-refractivity contribution in [2.24, 2.45) is 0 Å². The molecule has 0 radical (unpaired) electrons. The summed E-state index contributed by atoms with van der Waals surface area (Å²) in [5.41, 5.74) is 1.06. The second kappa shape index (κ2) is 4.28. The van der Waals surface area contributed by atoms with Crippen molar-refractivity contribution in [2.75, 3.05) is 0 Å². The molecule has 2 aromatic rings. The lowest BCUT2D eigenvalue weighted by atomic mass is 10.2. The molecule has 0 spiro atoms. The average Bonchev–Trinajstić information content (AvgIpc) is 2.69. The Morgan fingerprint density at radius 3 is 2.93 bits per heavy atom. The summed E-state index contributed by atoms with van der Waals surface area (Å²) in [6.45, 7) is 0.446. The van der Waals surface area contributed by atoms with E-state index in [1.165, 1.54) is 6.26 Å². The van der Waals surface area contributed by atoms with Gasteiger partial charge >= 0.3 is 6.08 Å². The summed E-state index contributed by atoms with van der Waals surface area (Å²) < 4.78 is 11.3. The standard InChI is InChI=1S/C10H8BrNO2/c11-9-4-2-1-3-8(9)7-14-10-12-5-6-13-10/h1-6H,7H2. The predicted molar refractivity (Wildman–Crippen MR) is 55.0 cm³/mol. The molecule has 72 valence electrons. The zero-order chi connectivity index (χ0) is 9.80. The summed E-state index contributed by atoms with van der Waals surface area (Å²) in [5, 5.41) is 0. The van der Waals surface area contributed by atoms with Crippen molar-refractivity contribution in [1.29, 1.82) is 0 Å². The lowest BCUT2D eigenvalue weighted by Crippen LogP contribution is -1.95. The Kier molecular flexibility index (Phi) is 2.84. The zero-order valence-electron chi connectivity index (χ0n) is 7.31. The van der Waals surface area contributed by atoms with E-state index in [-0.39, 0.29) is 0 Å². The van der Waals surface area contributed by atoms with Crippen LogP contribution in [0.2, 0.25) is 0 Å². The average molecular weight is 254 g/mol. The summed E-state index contributed by atoms with van der Waals surface area (Å²) in [6.07, 6.45) is 3.32. The number of ether oxygens (including phenoxy) is 1. The lowest BCUT2D eigenvalue weighted by Gasteiger charge is -2.03. The normalized spacial score (nSPS) is 10.1. The van der Waals surface area contributed by atoms with Crippen molar-refractivity contribution in [3.05, 3.63) is 46.8 Å². The summed E-state index contributed by atoms with van der Waals surface area (Å²) in [4.78, 5) is 3.86. The van der Waals surface area contributed by atoms with Gasteiger partial charge in [-0.3, -0.25) is 0 Å². The van der Waals surface area contributed by atoms with Crippen molar-refractivity contribution < 1.29 is 9.15 Å². The van der Waals surface area contributed by atoms with Gasteiger partial charge in [0.05, 0.1) is 6.20 Å². The van der Waals surface area contributed by atoms with Gasteiger partial charge in [-0.25, -0.2) is 0 Å². The molecule has 0 N–H and O–H groups in total. The van der Waals surface area contributed by atoms with Crippen LogP contribution in [-0.4, -0.2) is 4.98 Å². The molecule has 3 nitrogen and oxygen atoms in total. The van der Waals surface area contributed by atoms with E-state index in [9.17, 15) is 0 Å². The molecule has 1 aromatic carbocycles. The van der Waals surface area contributed by atoms with E-state index in [1.54, 1.807) is 6.20 Å². The summed E-state index contributed by atoms with van der Waals surface area (Å²) in [5.74, 6) is 0. The van der Waals surface area contributed by atoms with Crippen molar-refractivity contribution in [3.8, 4) is 6.08 Å². The van der Waals surface area contributed by atoms with Crippen LogP contribution in [-0.2, 0) is 6.61 Å². The molecule has 0 saturated heterocycles. The third-order valence-corrected chi connectivity index (χ3v) is 2.49. The number of hydrogen-bond acceptors (Lipinski definition) is 3. The van der Waals surface area contributed by atoms with Crippen molar-refractivity contribution in [2.45, 2.75) is 6.61 Å². The summed E-state index contributed by atoms with van der Waals surface area (Å²) >= 11 is 3.43. The van der Waals surface area contributed by atoms with E-state index >= 15 is 0 Å². The van der Waals surface area contributed by atoms with Crippen LogP contribution in [0, 0.1) is 0 Å². The number of rotatable bonds is 3. The Bertz CT molecular complexity index is 400. The SMILES string of the molecule is Brc1ccccc1COc1ncco1. The third kappa shape index (κ3) is 2.14. The number of oxazole rings is 1. The highest BCUT2D eigenvalue weighted by Gasteiger charge is 2.01. The quantitative estimate of drug-likeness (QED) is 0.844. The van der Waals surface area contributed by atoms with Gasteiger partial charge in [0.1, 0.15) is 12.9 Å². The van der Waals surface area contributed by atoms with Gasteiger partial charge in [-0.2, -0.15) is 4.98 Å². The van der Waals surface area contributed by atoms with E-state index in [0.717, 1.165) is 10.0 Å². The number of nitrogens with zero attached hydrogens (tertiary/aromatic N) is 1. The molecule has 0 amide bonds. The molecule has 0 fully saturated rings. The Labute approximate surface area is 89.8 Å². The Balaban J connectivity index is 2.02. The van der Waals surface area contributed by atoms with E-state index in [4.69, 9.17) is 9.15 Å². The van der Waals surface area contributed by atoms with Crippen molar-refractivity contribution in [1.82, 2.24) is 4.98 Å². The first-order valence-electron chi connectivity index (χ1n) is 4.12. The van der Waals surface area contributed by atoms with Gasteiger partial charge < -0.3 is 9.15 Å². The van der Waals surface area contributed by atoms with Crippen LogP contribution >= 0.6 is 15.9 Å². The van der Waals surface area contributed by atoms with Crippen molar-refractivity contribution in [3.63, 3.8) is 0 Å². The fourth-order valence-corrected chi connectivity index (χ4v) is 1.44. The molecule has 0 aliphatic rings. The maximum Gasteiger partial charge on any atom is 0.393 e. The van der Waals surface area contributed by atoms with Gasteiger partial charge in [-0.15, -0.1) is 0 Å². The molecule has 0 bridgehead atoms. The topological polar surface area (TPSA) is 35.3 Å². The minimum atomic E-state index is 0.292. The van der Waals surface area contributed by atoms with Gasteiger partial charge in [0.15, 0.2) is 0 Å². The van der Waals surface area contributed by atoms with Gasteiger partial charge in [-0.1, -0.05) is 34.1 Å². The number of hydrogen-bond donors (Lipinski definition) is 0. The highest BCUT2D eigenvalue weighted by molar-refractivity contribution is 9.10. The second-order valence-electron chi connectivity index (χ2n) is 2.68. The van der Waals surface area contributed by atoms with E-state index in [2.05, 4.69) is 20.9 Å². The number of aromatic nitrogens is 1. The fraction of sp³-hybridized carbons (Fsp3) is 0.100. The van der Waals surface area contributed by atoms with Crippen LogP contribution in [0.15, 0.2) is 45.6 Å². The molecule has 2 rings (SSSR count). The van der Waals surface area contributed by atoms with Crippen molar-refractivity contribution >= 4 is 15.9 Å². The molecule has 14 heavy (non-hydrogen) atoms. The summed E-state index contributed by atoms with van der Waals surface area (Å²) in [7, 11) is 0. The first-order chi connectivity index (χ1) is 6.86. The highest BCUT2D eigenvalue weighted by Crippen LogP contribution is 2.17.